The van der Waals surface area contributed by atoms with Crippen molar-refractivity contribution in [3.8, 4) is 5.75 Å². The summed E-state index contributed by atoms with van der Waals surface area (Å²) in [5.74, 6) is 0.977. The summed E-state index contributed by atoms with van der Waals surface area (Å²) in [5.41, 5.74) is 1.34. The smallest absolute Gasteiger partial charge is 0.119 e. The van der Waals surface area contributed by atoms with Gasteiger partial charge in [-0.15, -0.1) is 0 Å². The molecule has 1 aliphatic rings. The second-order valence-electron chi connectivity index (χ2n) is 5.45. The third-order valence-corrected chi connectivity index (χ3v) is 3.71. The lowest BCUT2D eigenvalue weighted by atomic mass is 10.1. The Hall–Kier alpha value is -1.06. The Kier molecular flexibility index (Phi) is 5.67. The van der Waals surface area contributed by atoms with E-state index in [-0.39, 0.29) is 0 Å². The topological polar surface area (TPSA) is 24.5 Å². The fraction of sp³-hybridized carbons (Fsp3) is 0.625. The van der Waals surface area contributed by atoms with Crippen molar-refractivity contribution in [1.29, 1.82) is 0 Å². The van der Waals surface area contributed by atoms with Gasteiger partial charge in [-0.2, -0.15) is 0 Å². The molecule has 0 aromatic heterocycles. The summed E-state index contributed by atoms with van der Waals surface area (Å²) in [5, 5.41) is 3.65. The molecule has 0 bridgehead atoms. The van der Waals surface area contributed by atoms with Crippen LogP contribution in [0.15, 0.2) is 24.3 Å². The summed E-state index contributed by atoms with van der Waals surface area (Å²) < 4.78 is 5.59. The lowest BCUT2D eigenvalue weighted by Gasteiger charge is -2.29. The van der Waals surface area contributed by atoms with Gasteiger partial charge in [0.1, 0.15) is 5.75 Å². The fourth-order valence-corrected chi connectivity index (χ4v) is 2.40. The number of nitrogens with one attached hydrogen (secondary N) is 1. The molecule has 1 fully saturated rings. The maximum absolute atomic E-state index is 5.59. The normalized spacial score (nSPS) is 17.6. The number of ether oxygens (including phenoxy) is 1. The molecule has 0 aliphatic carbocycles. The Morgan fingerprint density at radius 2 is 1.89 bits per heavy atom. The minimum Gasteiger partial charge on any atom is -0.494 e. The van der Waals surface area contributed by atoms with Gasteiger partial charge in [0, 0.05) is 12.6 Å². The van der Waals surface area contributed by atoms with Crippen molar-refractivity contribution in [2.45, 2.75) is 38.8 Å². The molecule has 0 spiro atoms. The predicted molar refractivity (Wildman–Crippen MR) is 79.6 cm³/mol. The third-order valence-electron chi connectivity index (χ3n) is 3.71. The van der Waals surface area contributed by atoms with E-state index < -0.39 is 0 Å². The first-order valence-electron chi connectivity index (χ1n) is 7.41. The second-order valence-corrected chi connectivity index (χ2v) is 5.45. The van der Waals surface area contributed by atoms with Gasteiger partial charge in [0.15, 0.2) is 0 Å². The predicted octanol–water partition coefficient (Wildman–Crippen LogP) is 2.66. The number of hydrogen-bond donors (Lipinski definition) is 1. The van der Waals surface area contributed by atoms with Gasteiger partial charge < -0.3 is 15.0 Å². The minimum atomic E-state index is 0.673. The first-order chi connectivity index (χ1) is 9.28. The van der Waals surface area contributed by atoms with Gasteiger partial charge in [0.2, 0.25) is 0 Å². The zero-order valence-electron chi connectivity index (χ0n) is 12.2. The summed E-state index contributed by atoms with van der Waals surface area (Å²) in [6, 6.07) is 9.13. The summed E-state index contributed by atoms with van der Waals surface area (Å²) in [6.07, 6.45) is 3.57. The maximum atomic E-state index is 5.59. The van der Waals surface area contributed by atoms with Crippen LogP contribution in [0, 0.1) is 0 Å². The maximum Gasteiger partial charge on any atom is 0.119 e. The number of piperidine rings is 1. The van der Waals surface area contributed by atoms with E-state index >= 15 is 0 Å². The quantitative estimate of drug-likeness (QED) is 0.853. The molecule has 106 valence electrons. The molecule has 1 N–H and O–H groups in total. The zero-order valence-corrected chi connectivity index (χ0v) is 12.2. The van der Waals surface area contributed by atoms with Crippen LogP contribution in [-0.2, 0) is 6.54 Å². The van der Waals surface area contributed by atoms with Crippen LogP contribution in [0.3, 0.4) is 0 Å². The summed E-state index contributed by atoms with van der Waals surface area (Å²) in [7, 11) is 2.20. The fourth-order valence-electron chi connectivity index (χ4n) is 2.40. The van der Waals surface area contributed by atoms with E-state index in [0.29, 0.717) is 6.04 Å². The molecule has 1 aromatic rings. The van der Waals surface area contributed by atoms with Gasteiger partial charge in [-0.3, -0.25) is 0 Å². The second kappa shape index (κ2) is 7.51. The standard InChI is InChI=1S/C16H26N2O/c1-3-12-19-16-6-4-14(5-7-16)13-17-15-8-10-18(2)11-9-15/h4-7,15,17H,3,8-13H2,1-2H3. The average molecular weight is 262 g/mol. The van der Waals surface area contributed by atoms with Gasteiger partial charge in [0.05, 0.1) is 6.61 Å². The number of benzene rings is 1. The molecule has 0 atom stereocenters. The molecule has 1 aliphatic heterocycles. The van der Waals surface area contributed by atoms with Crippen molar-refractivity contribution in [1.82, 2.24) is 10.2 Å². The molecular weight excluding hydrogens is 236 g/mol. The monoisotopic (exact) mass is 262 g/mol. The number of likely N-dealkylation sites (tertiary alicyclic amines) is 1. The van der Waals surface area contributed by atoms with E-state index in [4.69, 9.17) is 4.74 Å². The molecule has 1 saturated heterocycles. The molecule has 2 rings (SSSR count). The van der Waals surface area contributed by atoms with Crippen molar-refractivity contribution in [2.75, 3.05) is 26.7 Å². The molecular formula is C16H26N2O. The molecule has 1 heterocycles. The van der Waals surface area contributed by atoms with Gasteiger partial charge in [-0.1, -0.05) is 19.1 Å². The molecule has 3 heteroatoms. The van der Waals surface area contributed by atoms with Crippen LogP contribution in [0.25, 0.3) is 0 Å². The lowest BCUT2D eigenvalue weighted by Crippen LogP contribution is -2.40. The van der Waals surface area contributed by atoms with Crippen LogP contribution in [-0.4, -0.2) is 37.7 Å². The molecule has 19 heavy (non-hydrogen) atoms. The highest BCUT2D eigenvalue weighted by Gasteiger charge is 2.15. The first-order valence-corrected chi connectivity index (χ1v) is 7.41. The van der Waals surface area contributed by atoms with Gasteiger partial charge in [-0.25, -0.2) is 0 Å². The van der Waals surface area contributed by atoms with Crippen LogP contribution < -0.4 is 10.1 Å². The highest BCUT2D eigenvalue weighted by atomic mass is 16.5. The van der Waals surface area contributed by atoms with Crippen molar-refractivity contribution in [3.63, 3.8) is 0 Å². The van der Waals surface area contributed by atoms with E-state index in [9.17, 15) is 0 Å². The zero-order chi connectivity index (χ0) is 13.5. The molecule has 1 aromatic carbocycles. The Bertz CT molecular complexity index is 356. The third kappa shape index (κ3) is 4.84. The molecule has 0 saturated carbocycles. The van der Waals surface area contributed by atoms with Crippen LogP contribution in [0.1, 0.15) is 31.7 Å². The van der Waals surface area contributed by atoms with E-state index in [0.717, 1.165) is 25.3 Å². The summed E-state index contributed by atoms with van der Waals surface area (Å²) in [4.78, 5) is 2.40. The molecule has 0 amide bonds. The average Bonchev–Trinajstić information content (AvgIpc) is 2.46. The van der Waals surface area contributed by atoms with Crippen molar-refractivity contribution in [3.05, 3.63) is 29.8 Å². The highest BCUT2D eigenvalue weighted by Crippen LogP contribution is 2.14. The highest BCUT2D eigenvalue weighted by molar-refractivity contribution is 5.27. The largest absolute Gasteiger partial charge is 0.494 e. The molecule has 0 unspecified atom stereocenters. The van der Waals surface area contributed by atoms with Gasteiger partial charge in [-0.05, 0) is 57.1 Å². The van der Waals surface area contributed by atoms with Gasteiger partial charge >= 0.3 is 0 Å². The van der Waals surface area contributed by atoms with E-state index in [2.05, 4.69) is 48.5 Å². The number of hydrogen-bond acceptors (Lipinski definition) is 3. The van der Waals surface area contributed by atoms with Crippen LogP contribution in [0.4, 0.5) is 0 Å². The van der Waals surface area contributed by atoms with Crippen LogP contribution >= 0.6 is 0 Å². The molecule has 0 radical (unpaired) electrons. The van der Waals surface area contributed by atoms with Crippen molar-refractivity contribution >= 4 is 0 Å². The van der Waals surface area contributed by atoms with Crippen molar-refractivity contribution in [2.24, 2.45) is 0 Å². The van der Waals surface area contributed by atoms with E-state index in [1.807, 2.05) is 0 Å². The van der Waals surface area contributed by atoms with Crippen molar-refractivity contribution < 1.29 is 4.74 Å². The van der Waals surface area contributed by atoms with E-state index in [1.165, 1.54) is 31.5 Å². The first kappa shape index (κ1) is 14.4. The SMILES string of the molecule is CCCOc1ccc(CNC2CCN(C)CC2)cc1. The summed E-state index contributed by atoms with van der Waals surface area (Å²) >= 11 is 0. The minimum absolute atomic E-state index is 0.673. The Morgan fingerprint density at radius 1 is 1.21 bits per heavy atom. The lowest BCUT2D eigenvalue weighted by molar-refractivity contribution is 0.234. The Balaban J connectivity index is 1.73. The molecule has 3 nitrogen and oxygen atoms in total. The van der Waals surface area contributed by atoms with Crippen LogP contribution in [0.2, 0.25) is 0 Å². The number of nitrogens with zero attached hydrogens (tertiary/aromatic N) is 1. The summed E-state index contributed by atoms with van der Waals surface area (Å²) in [6.45, 7) is 6.30. The van der Waals surface area contributed by atoms with Gasteiger partial charge in [0.25, 0.3) is 0 Å². The Labute approximate surface area is 116 Å². The number of rotatable bonds is 6. The van der Waals surface area contributed by atoms with Crippen LogP contribution in [0.5, 0.6) is 5.75 Å². The van der Waals surface area contributed by atoms with E-state index in [1.54, 1.807) is 0 Å². The Morgan fingerprint density at radius 3 is 2.53 bits per heavy atom.